The molecule has 218 valence electrons. The zero-order chi connectivity index (χ0) is 29.5. The Kier molecular flexibility index (Phi) is 6.15. The van der Waals surface area contributed by atoms with Gasteiger partial charge in [-0.05, 0) is 70.6 Å². The van der Waals surface area contributed by atoms with E-state index >= 15 is 0 Å². The van der Waals surface area contributed by atoms with Crippen molar-refractivity contribution in [1.29, 1.82) is 0 Å². The second kappa shape index (κ2) is 9.07. The van der Waals surface area contributed by atoms with Crippen molar-refractivity contribution >= 4 is 16.7 Å². The Bertz CT molecular complexity index is 1620. The summed E-state index contributed by atoms with van der Waals surface area (Å²) in [7, 11) is 0. The number of rotatable bonds is 4. The van der Waals surface area contributed by atoms with E-state index in [9.17, 15) is 31.1 Å². The quantitative estimate of drug-likeness (QED) is 0.265. The van der Waals surface area contributed by atoms with Crippen LogP contribution in [-0.4, -0.2) is 38.1 Å². The van der Waals surface area contributed by atoms with Crippen LogP contribution < -0.4 is 5.56 Å². The summed E-state index contributed by atoms with van der Waals surface area (Å²) in [4.78, 5) is 25.6. The average molecular weight is 580 g/mol. The standard InChI is InChI=1S/C28H27F6N5O2/c1-14(2)38-39-10-17(4-5-21(39)40)20-8-16(6-7-41-20)23-36-22(25-11-26(12-25,13-25)28(32,33)34)18-9-19(27(29,30)31)15(3)35-24(18)37-23/h4-5,9-10,16,20H,6-8,11-13H2,1-3H3/t16-,20+,25?,26?/m0/s1. The van der Waals surface area contributed by atoms with E-state index in [1.165, 1.54) is 17.7 Å². The average Bonchev–Trinajstić information content (AvgIpc) is 2.81. The summed E-state index contributed by atoms with van der Waals surface area (Å²) < 4.78 is 89.4. The lowest BCUT2D eigenvalue weighted by atomic mass is 9.33. The first kappa shape index (κ1) is 27.8. The molecule has 41 heavy (non-hydrogen) atoms. The predicted molar refractivity (Wildman–Crippen MR) is 137 cm³/mol. The molecule has 7 nitrogen and oxygen atoms in total. The van der Waals surface area contributed by atoms with Gasteiger partial charge < -0.3 is 4.74 Å². The van der Waals surface area contributed by atoms with Gasteiger partial charge in [-0.1, -0.05) is 0 Å². The molecule has 0 N–H and O–H groups in total. The number of alkyl halides is 6. The SMILES string of the molecule is CC(C)=Nn1cc([C@H]2C[C@@H](c3nc(C45CC(C(F)(F)F)(C4)C5)c4cc(C(F)(F)F)c(C)nc4n3)CCO2)ccc1=O. The summed E-state index contributed by atoms with van der Waals surface area (Å²) in [6.45, 7) is 5.08. The smallest absolute Gasteiger partial charge is 0.373 e. The van der Waals surface area contributed by atoms with Crippen LogP contribution in [0.5, 0.6) is 0 Å². The first-order valence-electron chi connectivity index (χ1n) is 13.3. The Labute approximate surface area is 230 Å². The Morgan fingerprint density at radius 2 is 1.78 bits per heavy atom. The number of nitrogens with zero attached hydrogens (tertiary/aromatic N) is 5. The van der Waals surface area contributed by atoms with E-state index in [1.807, 2.05) is 0 Å². The molecule has 13 heteroatoms. The molecule has 1 aliphatic heterocycles. The molecule has 0 unspecified atom stereocenters. The van der Waals surface area contributed by atoms with Gasteiger partial charge in [0.25, 0.3) is 5.56 Å². The Morgan fingerprint density at radius 1 is 1.07 bits per heavy atom. The Morgan fingerprint density at radius 3 is 2.41 bits per heavy atom. The molecule has 3 aromatic rings. The number of ether oxygens (including phenoxy) is 1. The first-order chi connectivity index (χ1) is 19.1. The van der Waals surface area contributed by atoms with Gasteiger partial charge in [-0.2, -0.15) is 31.4 Å². The zero-order valence-corrected chi connectivity index (χ0v) is 22.5. The largest absolute Gasteiger partial charge is 0.418 e. The van der Waals surface area contributed by atoms with Crippen molar-refractivity contribution in [3.8, 4) is 0 Å². The van der Waals surface area contributed by atoms with Crippen molar-refractivity contribution in [2.75, 3.05) is 6.61 Å². The molecule has 3 aromatic heterocycles. The molecule has 0 radical (unpaired) electrons. The molecule has 1 saturated heterocycles. The topological polar surface area (TPSA) is 82.3 Å². The second-order valence-corrected chi connectivity index (χ2v) is 11.8. The number of pyridine rings is 2. The van der Waals surface area contributed by atoms with Crippen LogP contribution in [0, 0.1) is 12.3 Å². The Balaban J connectivity index is 1.40. The number of aryl methyl sites for hydroxylation is 1. The summed E-state index contributed by atoms with van der Waals surface area (Å²) in [6.07, 6.45) is -7.63. The summed E-state index contributed by atoms with van der Waals surface area (Å²) in [5.74, 6) is 0.0380. The van der Waals surface area contributed by atoms with Crippen LogP contribution >= 0.6 is 0 Å². The van der Waals surface area contributed by atoms with Crippen molar-refractivity contribution in [2.45, 2.75) is 82.7 Å². The van der Waals surface area contributed by atoms with Gasteiger partial charge in [-0.15, -0.1) is 0 Å². The molecule has 2 bridgehead atoms. The first-order valence-corrected chi connectivity index (χ1v) is 13.3. The van der Waals surface area contributed by atoms with E-state index in [0.717, 1.165) is 6.07 Å². The maximum atomic E-state index is 13.8. The molecule has 4 fully saturated rings. The fraction of sp³-hybridized carbons (Fsp3) is 0.536. The van der Waals surface area contributed by atoms with E-state index in [4.69, 9.17) is 9.72 Å². The maximum Gasteiger partial charge on any atom is 0.418 e. The van der Waals surface area contributed by atoms with Crippen LogP contribution in [0.2, 0.25) is 0 Å². The van der Waals surface area contributed by atoms with Crippen molar-refractivity contribution in [3.63, 3.8) is 0 Å². The van der Waals surface area contributed by atoms with Gasteiger partial charge in [0.05, 0.1) is 28.5 Å². The minimum atomic E-state index is -4.68. The van der Waals surface area contributed by atoms with E-state index in [1.54, 1.807) is 26.1 Å². The Hall–Kier alpha value is -3.35. The van der Waals surface area contributed by atoms with Crippen LogP contribution in [-0.2, 0) is 16.3 Å². The lowest BCUT2D eigenvalue weighted by Crippen LogP contribution is -2.70. The lowest BCUT2D eigenvalue weighted by Gasteiger charge is -2.70. The molecule has 4 aliphatic rings. The van der Waals surface area contributed by atoms with Crippen LogP contribution in [0.3, 0.4) is 0 Å². The molecule has 2 atom stereocenters. The molecular weight excluding hydrogens is 552 g/mol. The van der Waals surface area contributed by atoms with Crippen LogP contribution in [0.1, 0.15) is 86.3 Å². The molecule has 3 aliphatic carbocycles. The number of fused-ring (bicyclic) bond motifs is 1. The highest BCUT2D eigenvalue weighted by Crippen LogP contribution is 2.78. The second-order valence-electron chi connectivity index (χ2n) is 11.8. The number of halogens is 6. The third-order valence-corrected chi connectivity index (χ3v) is 8.58. The fourth-order valence-electron chi connectivity index (χ4n) is 6.61. The molecule has 0 aromatic carbocycles. The number of hydrogen-bond acceptors (Lipinski definition) is 6. The summed E-state index contributed by atoms with van der Waals surface area (Å²) in [6, 6.07) is 3.98. The van der Waals surface area contributed by atoms with Crippen molar-refractivity contribution in [3.05, 3.63) is 63.1 Å². The minimum Gasteiger partial charge on any atom is -0.373 e. The highest BCUT2D eigenvalue weighted by Gasteiger charge is 2.79. The van der Waals surface area contributed by atoms with Gasteiger partial charge in [-0.3, -0.25) is 4.79 Å². The molecule has 4 heterocycles. The van der Waals surface area contributed by atoms with Gasteiger partial charge >= 0.3 is 12.4 Å². The van der Waals surface area contributed by atoms with E-state index in [0.29, 0.717) is 36.5 Å². The third kappa shape index (κ3) is 4.52. The highest BCUT2D eigenvalue weighted by atomic mass is 19.4. The normalized spacial score (nSPS) is 27.7. The summed E-state index contributed by atoms with van der Waals surface area (Å²) in [5, 5.41) is 4.26. The van der Waals surface area contributed by atoms with E-state index in [-0.39, 0.29) is 53.2 Å². The molecular formula is C28H27F6N5O2. The van der Waals surface area contributed by atoms with Gasteiger partial charge in [0.2, 0.25) is 0 Å². The molecule has 3 saturated carbocycles. The third-order valence-electron chi connectivity index (χ3n) is 8.58. The molecule has 0 spiro atoms. The number of hydrogen-bond donors (Lipinski definition) is 0. The minimum absolute atomic E-state index is 0.0469. The summed E-state index contributed by atoms with van der Waals surface area (Å²) >= 11 is 0. The van der Waals surface area contributed by atoms with Gasteiger partial charge in [0.1, 0.15) is 5.82 Å². The van der Waals surface area contributed by atoms with Crippen LogP contribution in [0.15, 0.2) is 34.3 Å². The van der Waals surface area contributed by atoms with Gasteiger partial charge in [0, 0.05) is 41.3 Å². The van der Waals surface area contributed by atoms with Gasteiger partial charge in [-0.25, -0.2) is 19.6 Å². The monoisotopic (exact) mass is 579 g/mol. The van der Waals surface area contributed by atoms with Crippen LogP contribution in [0.4, 0.5) is 26.3 Å². The van der Waals surface area contributed by atoms with E-state index in [2.05, 4.69) is 15.1 Å². The zero-order valence-electron chi connectivity index (χ0n) is 22.5. The molecule has 0 amide bonds. The maximum absolute atomic E-state index is 13.8. The fourth-order valence-corrected chi connectivity index (χ4v) is 6.61. The van der Waals surface area contributed by atoms with Gasteiger partial charge in [0.15, 0.2) is 5.65 Å². The highest BCUT2D eigenvalue weighted by molar-refractivity contribution is 5.81. The van der Waals surface area contributed by atoms with E-state index < -0.39 is 34.8 Å². The number of aromatic nitrogens is 4. The molecule has 7 rings (SSSR count). The van der Waals surface area contributed by atoms with Crippen molar-refractivity contribution in [2.24, 2.45) is 10.5 Å². The van der Waals surface area contributed by atoms with Crippen molar-refractivity contribution < 1.29 is 31.1 Å². The lowest BCUT2D eigenvalue weighted by molar-refractivity contribution is -0.337. The predicted octanol–water partition coefficient (Wildman–Crippen LogP) is 6.38. The van der Waals surface area contributed by atoms with Crippen LogP contribution in [0.25, 0.3) is 11.0 Å². The van der Waals surface area contributed by atoms with Crippen molar-refractivity contribution in [1.82, 2.24) is 19.6 Å². The summed E-state index contributed by atoms with van der Waals surface area (Å²) in [5.41, 5.74) is -2.63.